The summed E-state index contributed by atoms with van der Waals surface area (Å²) in [5.74, 6) is -1.57. The number of carboxylic acid groups (broad SMARTS) is 1. The minimum absolute atomic E-state index is 0.0247. The summed E-state index contributed by atoms with van der Waals surface area (Å²) >= 11 is 0. The van der Waals surface area contributed by atoms with E-state index in [-0.39, 0.29) is 30.6 Å². The van der Waals surface area contributed by atoms with Crippen molar-refractivity contribution in [2.75, 3.05) is 0 Å². The largest absolute Gasteiger partial charge is 0.481 e. The molecule has 0 aliphatic carbocycles. The lowest BCUT2D eigenvalue weighted by atomic mass is 10.1. The fraction of sp³-hybridized carbons (Fsp3) is 0.385. The van der Waals surface area contributed by atoms with Crippen LogP contribution >= 0.6 is 0 Å². The zero-order chi connectivity index (χ0) is 13.5. The van der Waals surface area contributed by atoms with Gasteiger partial charge in [-0.05, 0) is 31.0 Å². The van der Waals surface area contributed by atoms with Crippen molar-refractivity contribution in [2.24, 2.45) is 0 Å². The van der Waals surface area contributed by atoms with Gasteiger partial charge in [0.25, 0.3) is 0 Å². The van der Waals surface area contributed by atoms with Crippen molar-refractivity contribution in [2.45, 2.75) is 32.2 Å². The predicted octanol–water partition coefficient (Wildman–Crippen LogP) is 1.74. The van der Waals surface area contributed by atoms with E-state index in [1.165, 1.54) is 12.1 Å². The Balaban J connectivity index is 2.36. The van der Waals surface area contributed by atoms with E-state index in [4.69, 9.17) is 5.11 Å². The summed E-state index contributed by atoms with van der Waals surface area (Å²) in [5, 5.41) is 11.1. The highest BCUT2D eigenvalue weighted by Crippen LogP contribution is 2.06. The number of benzene rings is 1. The van der Waals surface area contributed by atoms with Crippen molar-refractivity contribution in [1.29, 1.82) is 0 Å². The summed E-state index contributed by atoms with van der Waals surface area (Å²) in [6.07, 6.45) is 0.386. The van der Waals surface area contributed by atoms with E-state index >= 15 is 0 Å². The quantitative estimate of drug-likeness (QED) is 0.811. The molecule has 98 valence electrons. The van der Waals surface area contributed by atoms with Crippen LogP contribution in [0.5, 0.6) is 0 Å². The van der Waals surface area contributed by atoms with Crippen molar-refractivity contribution < 1.29 is 19.1 Å². The number of hydrogen-bond acceptors (Lipinski definition) is 2. The van der Waals surface area contributed by atoms with Gasteiger partial charge < -0.3 is 10.4 Å². The summed E-state index contributed by atoms with van der Waals surface area (Å²) < 4.78 is 12.7. The SMILES string of the molecule is CC(Cc1ccc(F)cc1)NC(=O)CCC(=O)O. The Morgan fingerprint density at radius 3 is 2.44 bits per heavy atom. The van der Waals surface area contributed by atoms with E-state index in [0.29, 0.717) is 6.42 Å². The molecule has 1 unspecified atom stereocenters. The second-order valence-electron chi connectivity index (χ2n) is 4.19. The van der Waals surface area contributed by atoms with Crippen LogP contribution in [0.25, 0.3) is 0 Å². The molecule has 0 saturated heterocycles. The highest BCUT2D eigenvalue weighted by Gasteiger charge is 2.09. The molecule has 0 fully saturated rings. The Morgan fingerprint density at radius 1 is 1.28 bits per heavy atom. The number of carbonyl (C=O) groups excluding carboxylic acids is 1. The maximum atomic E-state index is 12.7. The Hall–Kier alpha value is -1.91. The molecule has 1 amide bonds. The van der Waals surface area contributed by atoms with Crippen LogP contribution in [0.3, 0.4) is 0 Å². The number of amides is 1. The van der Waals surface area contributed by atoms with Gasteiger partial charge >= 0.3 is 5.97 Å². The lowest BCUT2D eigenvalue weighted by Crippen LogP contribution is -2.34. The third kappa shape index (κ3) is 5.43. The summed E-state index contributed by atoms with van der Waals surface area (Å²) in [4.78, 5) is 21.7. The maximum Gasteiger partial charge on any atom is 0.303 e. The highest BCUT2D eigenvalue weighted by atomic mass is 19.1. The molecule has 0 bridgehead atoms. The number of halogens is 1. The van der Waals surface area contributed by atoms with E-state index in [2.05, 4.69) is 5.32 Å². The van der Waals surface area contributed by atoms with Gasteiger partial charge in [-0.25, -0.2) is 4.39 Å². The van der Waals surface area contributed by atoms with E-state index < -0.39 is 5.97 Å². The molecule has 0 radical (unpaired) electrons. The van der Waals surface area contributed by atoms with E-state index in [1.807, 2.05) is 6.92 Å². The van der Waals surface area contributed by atoms with Gasteiger partial charge in [-0.15, -0.1) is 0 Å². The molecule has 0 aliphatic rings. The average molecular weight is 253 g/mol. The molecule has 1 rings (SSSR count). The molecule has 18 heavy (non-hydrogen) atoms. The molecule has 5 heteroatoms. The zero-order valence-corrected chi connectivity index (χ0v) is 10.1. The number of hydrogen-bond donors (Lipinski definition) is 2. The summed E-state index contributed by atoms with van der Waals surface area (Å²) in [6, 6.07) is 5.95. The van der Waals surface area contributed by atoms with Gasteiger partial charge in [0.1, 0.15) is 5.82 Å². The Kier molecular flexibility index (Phi) is 5.30. The summed E-state index contributed by atoms with van der Waals surface area (Å²) in [7, 11) is 0. The average Bonchev–Trinajstić information content (AvgIpc) is 2.29. The fourth-order valence-corrected chi connectivity index (χ4v) is 1.59. The molecule has 1 aromatic carbocycles. The highest BCUT2D eigenvalue weighted by molar-refractivity contribution is 5.80. The van der Waals surface area contributed by atoms with Crippen molar-refractivity contribution in [3.05, 3.63) is 35.6 Å². The van der Waals surface area contributed by atoms with E-state index in [9.17, 15) is 14.0 Å². The van der Waals surface area contributed by atoms with Crippen LogP contribution in [0.15, 0.2) is 24.3 Å². The first-order chi connectivity index (χ1) is 8.47. The second kappa shape index (κ2) is 6.74. The minimum Gasteiger partial charge on any atom is -0.481 e. The first kappa shape index (κ1) is 14.2. The van der Waals surface area contributed by atoms with Gasteiger partial charge in [-0.2, -0.15) is 0 Å². The van der Waals surface area contributed by atoms with Gasteiger partial charge in [-0.1, -0.05) is 12.1 Å². The second-order valence-corrected chi connectivity index (χ2v) is 4.19. The number of rotatable bonds is 6. The van der Waals surface area contributed by atoms with Gasteiger partial charge in [0.15, 0.2) is 0 Å². The molecule has 1 aromatic rings. The van der Waals surface area contributed by atoms with Gasteiger partial charge in [0, 0.05) is 12.5 Å². The van der Waals surface area contributed by atoms with Crippen LogP contribution in [0, 0.1) is 5.82 Å². The summed E-state index contributed by atoms with van der Waals surface area (Å²) in [5.41, 5.74) is 0.919. The number of carbonyl (C=O) groups is 2. The zero-order valence-electron chi connectivity index (χ0n) is 10.1. The molecule has 1 atom stereocenters. The predicted molar refractivity (Wildman–Crippen MR) is 64.6 cm³/mol. The molecule has 4 nitrogen and oxygen atoms in total. The molecule has 2 N–H and O–H groups in total. The van der Waals surface area contributed by atoms with Crippen molar-refractivity contribution >= 4 is 11.9 Å². The van der Waals surface area contributed by atoms with Gasteiger partial charge in [-0.3, -0.25) is 9.59 Å². The van der Waals surface area contributed by atoms with Crippen LogP contribution in [0.2, 0.25) is 0 Å². The standard InChI is InChI=1S/C13H16FNO3/c1-9(15-12(16)6-7-13(17)18)8-10-2-4-11(14)5-3-10/h2-5,9H,6-8H2,1H3,(H,15,16)(H,17,18). The number of nitrogens with one attached hydrogen (secondary N) is 1. The lowest BCUT2D eigenvalue weighted by Gasteiger charge is -2.13. The minimum atomic E-state index is -0.990. The normalized spacial score (nSPS) is 11.9. The maximum absolute atomic E-state index is 12.7. The first-order valence-corrected chi connectivity index (χ1v) is 5.73. The van der Waals surface area contributed by atoms with Crippen LogP contribution in [0.4, 0.5) is 4.39 Å². The van der Waals surface area contributed by atoms with Crippen LogP contribution < -0.4 is 5.32 Å². The molecule has 0 saturated carbocycles. The molecule has 0 aromatic heterocycles. The lowest BCUT2D eigenvalue weighted by molar-refractivity contribution is -0.138. The number of carboxylic acids is 1. The van der Waals surface area contributed by atoms with Gasteiger partial charge in [0.05, 0.1) is 6.42 Å². The molecular weight excluding hydrogens is 237 g/mol. The van der Waals surface area contributed by atoms with Gasteiger partial charge in [0.2, 0.25) is 5.91 Å². The smallest absolute Gasteiger partial charge is 0.303 e. The van der Waals surface area contributed by atoms with E-state index in [1.54, 1.807) is 12.1 Å². The molecule has 0 aliphatic heterocycles. The monoisotopic (exact) mass is 253 g/mol. The molecule has 0 heterocycles. The van der Waals surface area contributed by atoms with Crippen LogP contribution in [-0.4, -0.2) is 23.0 Å². The Bertz CT molecular complexity index is 417. The molecule has 0 spiro atoms. The van der Waals surface area contributed by atoms with Crippen molar-refractivity contribution in [3.8, 4) is 0 Å². The third-order valence-electron chi connectivity index (χ3n) is 2.43. The first-order valence-electron chi connectivity index (χ1n) is 5.73. The number of aliphatic carboxylic acids is 1. The van der Waals surface area contributed by atoms with E-state index in [0.717, 1.165) is 5.56 Å². The van der Waals surface area contributed by atoms with Crippen LogP contribution in [0.1, 0.15) is 25.3 Å². The summed E-state index contributed by atoms with van der Waals surface area (Å²) in [6.45, 7) is 1.82. The van der Waals surface area contributed by atoms with Crippen molar-refractivity contribution in [1.82, 2.24) is 5.32 Å². The van der Waals surface area contributed by atoms with Crippen LogP contribution in [-0.2, 0) is 16.0 Å². The molecular formula is C13H16FNO3. The Labute approximate surface area is 105 Å². The Morgan fingerprint density at radius 2 is 1.89 bits per heavy atom. The third-order valence-corrected chi connectivity index (χ3v) is 2.43. The van der Waals surface area contributed by atoms with Crippen molar-refractivity contribution in [3.63, 3.8) is 0 Å². The topological polar surface area (TPSA) is 66.4 Å². The fourth-order valence-electron chi connectivity index (χ4n) is 1.59.